The van der Waals surface area contributed by atoms with Crippen molar-refractivity contribution >= 4 is 16.9 Å². The van der Waals surface area contributed by atoms with E-state index in [4.69, 9.17) is 15.6 Å². The Balaban J connectivity index is 1.99. The predicted octanol–water partition coefficient (Wildman–Crippen LogP) is -0.346. The van der Waals surface area contributed by atoms with E-state index >= 15 is 0 Å². The summed E-state index contributed by atoms with van der Waals surface area (Å²) in [7, 11) is 0. The van der Waals surface area contributed by atoms with Crippen LogP contribution in [-0.2, 0) is 4.74 Å². The molecule has 2 aromatic heterocycles. The summed E-state index contributed by atoms with van der Waals surface area (Å²) in [4.78, 5) is 8.09. The van der Waals surface area contributed by atoms with E-state index in [9.17, 15) is 5.11 Å². The van der Waals surface area contributed by atoms with Crippen LogP contribution in [-0.4, -0.2) is 43.6 Å². The number of aromatic nitrogens is 3. The fourth-order valence-electron chi connectivity index (χ4n) is 2.27. The highest BCUT2D eigenvalue weighted by Crippen LogP contribution is 2.31. The number of ether oxygens (including phenoxy) is 1. The Bertz CT molecular complexity index is 570. The maximum Gasteiger partial charge on any atom is 0.147 e. The van der Waals surface area contributed by atoms with Crippen LogP contribution in [0.3, 0.4) is 0 Å². The first-order valence-corrected chi connectivity index (χ1v) is 5.72. The summed E-state index contributed by atoms with van der Waals surface area (Å²) in [5.74, 6) is 0.413. The van der Waals surface area contributed by atoms with E-state index < -0.39 is 12.2 Å². The van der Waals surface area contributed by atoms with Crippen molar-refractivity contribution in [2.45, 2.75) is 24.9 Å². The van der Waals surface area contributed by atoms with Gasteiger partial charge in [-0.15, -0.1) is 0 Å². The van der Waals surface area contributed by atoms with Gasteiger partial charge in [-0.25, -0.2) is 9.97 Å². The molecule has 1 aliphatic heterocycles. The Morgan fingerprint density at radius 2 is 2.33 bits per heavy atom. The van der Waals surface area contributed by atoms with Crippen molar-refractivity contribution in [2.75, 3.05) is 12.3 Å². The topological polar surface area (TPSA) is 106 Å². The molecule has 7 nitrogen and oxygen atoms in total. The number of nitrogens with two attached hydrogens (primary N) is 1. The maximum atomic E-state index is 9.73. The zero-order valence-corrected chi connectivity index (χ0v) is 9.60. The van der Waals surface area contributed by atoms with Crippen LogP contribution in [0.15, 0.2) is 18.6 Å². The van der Waals surface area contributed by atoms with Crippen molar-refractivity contribution in [3.63, 3.8) is 0 Å². The smallest absolute Gasteiger partial charge is 0.147 e. The van der Waals surface area contributed by atoms with Crippen molar-refractivity contribution in [1.82, 2.24) is 14.5 Å². The van der Waals surface area contributed by atoms with Gasteiger partial charge in [0, 0.05) is 12.6 Å². The molecule has 4 N–H and O–H groups in total. The summed E-state index contributed by atoms with van der Waals surface area (Å²) in [5, 5.41) is 19.6. The van der Waals surface area contributed by atoms with Crippen molar-refractivity contribution in [2.24, 2.45) is 0 Å². The second kappa shape index (κ2) is 4.20. The summed E-state index contributed by atoms with van der Waals surface area (Å²) in [6.45, 7) is -0.200. The summed E-state index contributed by atoms with van der Waals surface area (Å²) in [6, 6.07) is 1.81. The van der Waals surface area contributed by atoms with Gasteiger partial charge in [-0.2, -0.15) is 0 Å². The molecule has 0 radical (unpaired) electrons. The van der Waals surface area contributed by atoms with Gasteiger partial charge in [0.2, 0.25) is 0 Å². The van der Waals surface area contributed by atoms with Gasteiger partial charge >= 0.3 is 0 Å². The summed E-state index contributed by atoms with van der Waals surface area (Å²) < 4.78 is 7.37. The molecule has 0 bridgehead atoms. The van der Waals surface area contributed by atoms with E-state index in [0.29, 0.717) is 17.9 Å². The van der Waals surface area contributed by atoms with Gasteiger partial charge in [-0.05, 0) is 6.07 Å². The predicted molar refractivity (Wildman–Crippen MR) is 63.6 cm³/mol. The molecule has 1 aliphatic rings. The molecule has 3 atom stereocenters. The number of aliphatic hydroxyl groups is 2. The second-order valence-corrected chi connectivity index (χ2v) is 4.33. The Morgan fingerprint density at radius 1 is 1.50 bits per heavy atom. The van der Waals surface area contributed by atoms with E-state index in [1.807, 2.05) is 6.07 Å². The molecule has 0 spiro atoms. The minimum Gasteiger partial charge on any atom is -0.394 e. The minimum absolute atomic E-state index is 0.200. The second-order valence-electron chi connectivity index (χ2n) is 4.33. The van der Waals surface area contributed by atoms with Crippen LogP contribution in [0.4, 0.5) is 5.82 Å². The Morgan fingerprint density at radius 3 is 3.06 bits per heavy atom. The average Bonchev–Trinajstić information content (AvgIpc) is 2.93. The largest absolute Gasteiger partial charge is 0.394 e. The van der Waals surface area contributed by atoms with Crippen LogP contribution in [0.2, 0.25) is 0 Å². The van der Waals surface area contributed by atoms with Gasteiger partial charge in [0.05, 0.1) is 18.1 Å². The molecule has 96 valence electrons. The van der Waals surface area contributed by atoms with Crippen molar-refractivity contribution < 1.29 is 14.9 Å². The minimum atomic E-state index is -0.670. The maximum absolute atomic E-state index is 9.73. The zero-order valence-electron chi connectivity index (χ0n) is 9.60. The molecule has 3 rings (SSSR count). The van der Waals surface area contributed by atoms with Crippen LogP contribution >= 0.6 is 0 Å². The van der Waals surface area contributed by atoms with Gasteiger partial charge in [-0.3, -0.25) is 0 Å². The molecule has 0 aromatic carbocycles. The summed E-state index contributed by atoms with van der Waals surface area (Å²) >= 11 is 0. The van der Waals surface area contributed by atoms with E-state index in [-0.39, 0.29) is 12.8 Å². The quantitative estimate of drug-likeness (QED) is 0.673. The number of aliphatic hydroxyl groups excluding tert-OH is 2. The number of hydrogen-bond acceptors (Lipinski definition) is 6. The Labute approximate surface area is 103 Å². The SMILES string of the molecule is Nc1ncnc2c1ccn2[C@@H]1C[C@H](O)[C@H](CO)O1. The van der Waals surface area contributed by atoms with Crippen LogP contribution < -0.4 is 5.73 Å². The zero-order chi connectivity index (χ0) is 12.7. The monoisotopic (exact) mass is 250 g/mol. The number of fused-ring (bicyclic) bond motifs is 1. The molecule has 1 saturated heterocycles. The lowest BCUT2D eigenvalue weighted by Gasteiger charge is -2.14. The lowest BCUT2D eigenvalue weighted by Crippen LogP contribution is -2.24. The van der Waals surface area contributed by atoms with Crippen LogP contribution in [0.5, 0.6) is 0 Å². The summed E-state index contributed by atoms with van der Waals surface area (Å²) in [6.07, 6.45) is 2.04. The first kappa shape index (κ1) is 11.4. The molecule has 0 saturated carbocycles. The van der Waals surface area contributed by atoms with Gasteiger partial charge in [0.25, 0.3) is 0 Å². The van der Waals surface area contributed by atoms with Crippen LogP contribution in [0, 0.1) is 0 Å². The molecule has 0 amide bonds. The molecule has 7 heteroatoms. The van der Waals surface area contributed by atoms with E-state index in [1.165, 1.54) is 6.33 Å². The van der Waals surface area contributed by atoms with Crippen LogP contribution in [0.1, 0.15) is 12.6 Å². The first-order valence-electron chi connectivity index (χ1n) is 5.72. The third-order valence-electron chi connectivity index (χ3n) is 3.23. The standard InChI is InChI=1S/C11H14N4O3/c12-10-6-1-2-15(11(6)14-5-13-10)9-3-7(17)8(4-16)18-9/h1-2,5,7-9,16-17H,3-4H2,(H2,12,13,14)/t7-,8-,9-/m0/s1. The van der Waals surface area contributed by atoms with Crippen molar-refractivity contribution in [3.05, 3.63) is 18.6 Å². The van der Waals surface area contributed by atoms with Gasteiger partial charge < -0.3 is 25.3 Å². The molecular weight excluding hydrogens is 236 g/mol. The molecule has 0 aliphatic carbocycles. The lowest BCUT2D eigenvalue weighted by atomic mass is 10.2. The Kier molecular flexibility index (Phi) is 2.66. The van der Waals surface area contributed by atoms with Gasteiger partial charge in [-0.1, -0.05) is 0 Å². The third kappa shape index (κ3) is 1.64. The molecule has 0 unspecified atom stereocenters. The number of hydrogen-bond donors (Lipinski definition) is 3. The highest BCUT2D eigenvalue weighted by atomic mass is 16.5. The van der Waals surface area contributed by atoms with E-state index in [0.717, 1.165) is 5.39 Å². The average molecular weight is 250 g/mol. The highest BCUT2D eigenvalue weighted by molar-refractivity contribution is 5.86. The van der Waals surface area contributed by atoms with Crippen molar-refractivity contribution in [1.29, 1.82) is 0 Å². The number of nitrogen functional groups attached to an aromatic ring is 1. The van der Waals surface area contributed by atoms with Gasteiger partial charge in [0.15, 0.2) is 0 Å². The fourth-order valence-corrected chi connectivity index (χ4v) is 2.27. The summed E-state index contributed by atoms with van der Waals surface area (Å²) in [5.41, 5.74) is 6.42. The van der Waals surface area contributed by atoms with Crippen LogP contribution in [0.25, 0.3) is 11.0 Å². The molecule has 3 heterocycles. The third-order valence-corrected chi connectivity index (χ3v) is 3.23. The number of nitrogens with zero attached hydrogens (tertiary/aromatic N) is 3. The van der Waals surface area contributed by atoms with Gasteiger partial charge in [0.1, 0.15) is 30.1 Å². The first-order chi connectivity index (χ1) is 8.70. The van der Waals surface area contributed by atoms with Crippen molar-refractivity contribution in [3.8, 4) is 0 Å². The fraction of sp³-hybridized carbons (Fsp3) is 0.455. The molecule has 18 heavy (non-hydrogen) atoms. The number of anilines is 1. The Hall–Kier alpha value is -1.70. The molecule has 1 fully saturated rings. The lowest BCUT2D eigenvalue weighted by molar-refractivity contribution is -0.0430. The number of rotatable bonds is 2. The van der Waals surface area contributed by atoms with E-state index in [1.54, 1.807) is 10.8 Å². The molecular formula is C11H14N4O3. The highest BCUT2D eigenvalue weighted by Gasteiger charge is 2.34. The normalized spacial score (nSPS) is 28.0. The van der Waals surface area contributed by atoms with E-state index in [2.05, 4.69) is 9.97 Å². The molecule has 2 aromatic rings.